The molecule has 0 saturated heterocycles. The van der Waals surface area contributed by atoms with E-state index in [4.69, 9.17) is 0 Å². The number of rotatable bonds is 10. The molecule has 1 rings (SSSR count). The predicted molar refractivity (Wildman–Crippen MR) is 90.5 cm³/mol. The van der Waals surface area contributed by atoms with Crippen LogP contribution in [-0.4, -0.2) is 5.75 Å². The van der Waals surface area contributed by atoms with Gasteiger partial charge in [0.2, 0.25) is 0 Å². The highest BCUT2D eigenvalue weighted by Gasteiger charge is 2.00. The molecule has 1 aromatic rings. The van der Waals surface area contributed by atoms with Gasteiger partial charge in [0.15, 0.2) is 0 Å². The molecule has 19 heavy (non-hydrogen) atoms. The first kappa shape index (κ1) is 16.4. The quantitative estimate of drug-likeness (QED) is 0.438. The summed E-state index contributed by atoms with van der Waals surface area (Å²) in [6.45, 7) is 4.54. The third-order valence-electron chi connectivity index (χ3n) is 3.19. The SMILES string of the molecule is CCCCCC/C(=C/c1ccccc1)SCCCC. The summed E-state index contributed by atoms with van der Waals surface area (Å²) in [6.07, 6.45) is 11.7. The van der Waals surface area contributed by atoms with Crippen LogP contribution in [0.2, 0.25) is 0 Å². The van der Waals surface area contributed by atoms with Crippen molar-refractivity contribution < 1.29 is 0 Å². The Bertz CT molecular complexity index is 340. The first-order valence-electron chi connectivity index (χ1n) is 7.75. The van der Waals surface area contributed by atoms with Gasteiger partial charge in [0.05, 0.1) is 0 Å². The van der Waals surface area contributed by atoms with Gasteiger partial charge in [-0.15, -0.1) is 11.8 Å². The van der Waals surface area contributed by atoms with Crippen LogP contribution in [0.15, 0.2) is 35.2 Å². The van der Waals surface area contributed by atoms with E-state index in [1.165, 1.54) is 56.3 Å². The van der Waals surface area contributed by atoms with E-state index in [1.54, 1.807) is 4.91 Å². The molecule has 0 aliphatic heterocycles. The fourth-order valence-electron chi connectivity index (χ4n) is 1.99. The van der Waals surface area contributed by atoms with Gasteiger partial charge in [0, 0.05) is 0 Å². The molecule has 0 unspecified atom stereocenters. The van der Waals surface area contributed by atoms with Crippen LogP contribution in [0.1, 0.15) is 64.4 Å². The molecule has 0 heterocycles. The average molecular weight is 276 g/mol. The average Bonchev–Trinajstić information content (AvgIpc) is 2.44. The van der Waals surface area contributed by atoms with Crippen molar-refractivity contribution >= 4 is 17.8 Å². The van der Waals surface area contributed by atoms with E-state index in [9.17, 15) is 0 Å². The van der Waals surface area contributed by atoms with Crippen molar-refractivity contribution in [2.45, 2.75) is 58.8 Å². The minimum absolute atomic E-state index is 1.25. The Morgan fingerprint density at radius 2 is 1.68 bits per heavy atom. The normalized spacial score (nSPS) is 11.8. The Hall–Kier alpha value is -0.690. The van der Waals surface area contributed by atoms with E-state index in [0.717, 1.165) is 0 Å². The van der Waals surface area contributed by atoms with E-state index in [1.807, 2.05) is 0 Å². The highest BCUT2D eigenvalue weighted by molar-refractivity contribution is 8.03. The lowest BCUT2D eigenvalue weighted by molar-refractivity contribution is 0.673. The number of hydrogen-bond donors (Lipinski definition) is 0. The summed E-state index contributed by atoms with van der Waals surface area (Å²) in [4.78, 5) is 1.57. The van der Waals surface area contributed by atoms with Crippen LogP contribution in [0, 0.1) is 0 Å². The molecule has 0 radical (unpaired) electrons. The molecule has 1 heteroatoms. The van der Waals surface area contributed by atoms with Crippen LogP contribution >= 0.6 is 11.8 Å². The molecular weight excluding hydrogens is 248 g/mol. The third-order valence-corrected chi connectivity index (χ3v) is 4.37. The number of unbranched alkanes of at least 4 members (excludes halogenated alkanes) is 4. The fraction of sp³-hybridized carbons (Fsp3) is 0.556. The van der Waals surface area contributed by atoms with Crippen LogP contribution in [-0.2, 0) is 0 Å². The van der Waals surface area contributed by atoms with Crippen molar-refractivity contribution in [1.82, 2.24) is 0 Å². The lowest BCUT2D eigenvalue weighted by atomic mass is 10.1. The summed E-state index contributed by atoms with van der Waals surface area (Å²) in [5, 5.41) is 0. The maximum atomic E-state index is 2.38. The van der Waals surface area contributed by atoms with Crippen LogP contribution in [0.25, 0.3) is 6.08 Å². The van der Waals surface area contributed by atoms with Gasteiger partial charge in [-0.2, -0.15) is 0 Å². The minimum atomic E-state index is 1.25. The van der Waals surface area contributed by atoms with Crippen molar-refractivity contribution in [2.75, 3.05) is 5.75 Å². The van der Waals surface area contributed by atoms with E-state index in [0.29, 0.717) is 0 Å². The summed E-state index contributed by atoms with van der Waals surface area (Å²) in [6, 6.07) is 10.7. The maximum absolute atomic E-state index is 2.38. The maximum Gasteiger partial charge on any atom is -0.00233 e. The molecule has 106 valence electrons. The second-order valence-corrected chi connectivity index (χ2v) is 6.26. The lowest BCUT2D eigenvalue weighted by Gasteiger charge is -2.07. The molecule has 0 fully saturated rings. The van der Waals surface area contributed by atoms with Gasteiger partial charge in [-0.25, -0.2) is 0 Å². The Morgan fingerprint density at radius 3 is 2.37 bits per heavy atom. The highest BCUT2D eigenvalue weighted by atomic mass is 32.2. The molecule has 0 N–H and O–H groups in total. The molecular formula is C18H28S. The lowest BCUT2D eigenvalue weighted by Crippen LogP contribution is -1.85. The Morgan fingerprint density at radius 1 is 0.947 bits per heavy atom. The van der Waals surface area contributed by atoms with Crippen LogP contribution in [0.5, 0.6) is 0 Å². The van der Waals surface area contributed by atoms with Gasteiger partial charge in [0.25, 0.3) is 0 Å². The molecule has 0 saturated carbocycles. The summed E-state index contributed by atoms with van der Waals surface area (Å²) < 4.78 is 0. The zero-order chi connectivity index (χ0) is 13.8. The summed E-state index contributed by atoms with van der Waals surface area (Å²) in [5.41, 5.74) is 1.34. The molecule has 0 bridgehead atoms. The summed E-state index contributed by atoms with van der Waals surface area (Å²) >= 11 is 2.06. The molecule has 0 nitrogen and oxygen atoms in total. The van der Waals surface area contributed by atoms with Crippen molar-refractivity contribution in [3.05, 3.63) is 40.8 Å². The topological polar surface area (TPSA) is 0 Å². The predicted octanol–water partition coefficient (Wildman–Crippen LogP) is 6.53. The first-order chi connectivity index (χ1) is 9.36. The molecule has 1 aromatic carbocycles. The first-order valence-corrected chi connectivity index (χ1v) is 8.73. The van der Waals surface area contributed by atoms with Crippen LogP contribution in [0.4, 0.5) is 0 Å². The Balaban J connectivity index is 2.50. The van der Waals surface area contributed by atoms with Crippen molar-refractivity contribution in [3.8, 4) is 0 Å². The van der Waals surface area contributed by atoms with E-state index < -0.39 is 0 Å². The highest BCUT2D eigenvalue weighted by Crippen LogP contribution is 2.26. The van der Waals surface area contributed by atoms with Crippen molar-refractivity contribution in [3.63, 3.8) is 0 Å². The molecule has 0 amide bonds. The van der Waals surface area contributed by atoms with Gasteiger partial charge in [-0.3, -0.25) is 0 Å². The van der Waals surface area contributed by atoms with E-state index in [2.05, 4.69) is 62.0 Å². The summed E-state index contributed by atoms with van der Waals surface area (Å²) in [5.74, 6) is 1.27. The fourth-order valence-corrected chi connectivity index (χ4v) is 3.20. The molecule has 0 aliphatic rings. The largest absolute Gasteiger partial charge is 0.131 e. The Labute approximate surface area is 123 Å². The van der Waals surface area contributed by atoms with E-state index >= 15 is 0 Å². The summed E-state index contributed by atoms with van der Waals surface area (Å²) in [7, 11) is 0. The zero-order valence-electron chi connectivity index (χ0n) is 12.5. The third kappa shape index (κ3) is 8.15. The molecule has 0 atom stereocenters. The van der Waals surface area contributed by atoms with Crippen molar-refractivity contribution in [2.24, 2.45) is 0 Å². The van der Waals surface area contributed by atoms with E-state index in [-0.39, 0.29) is 0 Å². The van der Waals surface area contributed by atoms with Gasteiger partial charge in [-0.05, 0) is 41.6 Å². The second-order valence-electron chi connectivity index (χ2n) is 5.03. The number of benzene rings is 1. The van der Waals surface area contributed by atoms with Crippen LogP contribution in [0.3, 0.4) is 0 Å². The Kier molecular flexibility index (Phi) is 9.61. The van der Waals surface area contributed by atoms with Gasteiger partial charge in [0.1, 0.15) is 0 Å². The molecule has 0 aromatic heterocycles. The number of hydrogen-bond acceptors (Lipinski definition) is 1. The number of thioether (sulfide) groups is 1. The minimum Gasteiger partial charge on any atom is -0.131 e. The monoisotopic (exact) mass is 276 g/mol. The molecule has 0 aliphatic carbocycles. The van der Waals surface area contributed by atoms with Crippen molar-refractivity contribution in [1.29, 1.82) is 0 Å². The second kappa shape index (κ2) is 11.2. The van der Waals surface area contributed by atoms with Gasteiger partial charge in [-0.1, -0.05) is 69.9 Å². The van der Waals surface area contributed by atoms with Gasteiger partial charge >= 0.3 is 0 Å². The van der Waals surface area contributed by atoms with Crippen LogP contribution < -0.4 is 0 Å². The van der Waals surface area contributed by atoms with Gasteiger partial charge < -0.3 is 0 Å². The molecule has 0 spiro atoms. The standard InChI is InChI=1S/C18H28S/c1-3-5-7-11-14-18(19-15-6-4-2)16-17-12-9-8-10-13-17/h8-10,12-13,16H,3-7,11,14-15H2,1-2H3/b18-16-. The smallest absolute Gasteiger partial charge is 0.00233 e. The number of allylic oxidation sites excluding steroid dienone is 1. The zero-order valence-corrected chi connectivity index (χ0v) is 13.3.